The summed E-state index contributed by atoms with van der Waals surface area (Å²) < 4.78 is 5.55. The first-order valence-corrected chi connectivity index (χ1v) is 9.50. The molecule has 144 valence electrons. The van der Waals surface area contributed by atoms with Crippen molar-refractivity contribution < 1.29 is 9.53 Å². The van der Waals surface area contributed by atoms with Crippen LogP contribution in [0.1, 0.15) is 50.0 Å². The van der Waals surface area contributed by atoms with Crippen molar-refractivity contribution in [2.24, 2.45) is 0 Å². The van der Waals surface area contributed by atoms with Crippen molar-refractivity contribution in [3.8, 4) is 0 Å². The van der Waals surface area contributed by atoms with Crippen LogP contribution in [0.2, 0.25) is 0 Å². The van der Waals surface area contributed by atoms with E-state index >= 15 is 0 Å². The number of carbonyl (C=O) groups excluding carboxylic acids is 1. The number of nitrogens with zero attached hydrogens (tertiary/aromatic N) is 3. The number of carbonyl (C=O) groups is 1. The van der Waals surface area contributed by atoms with Crippen LogP contribution in [0.4, 0.5) is 5.82 Å². The van der Waals surface area contributed by atoms with Crippen LogP contribution >= 0.6 is 0 Å². The highest BCUT2D eigenvalue weighted by molar-refractivity contribution is 5.73. The van der Waals surface area contributed by atoms with E-state index in [0.717, 1.165) is 62.8 Å². The number of amides is 1. The van der Waals surface area contributed by atoms with Crippen molar-refractivity contribution in [1.82, 2.24) is 20.2 Å². The van der Waals surface area contributed by atoms with Gasteiger partial charge in [-0.15, -0.1) is 0 Å². The fraction of sp³-hybridized carbons (Fsp3) is 0.737. The van der Waals surface area contributed by atoms with Gasteiger partial charge in [0.15, 0.2) is 0 Å². The van der Waals surface area contributed by atoms with Crippen molar-refractivity contribution in [1.29, 1.82) is 0 Å². The second kappa shape index (κ2) is 7.88. The van der Waals surface area contributed by atoms with E-state index in [2.05, 4.69) is 45.7 Å². The van der Waals surface area contributed by atoms with Crippen molar-refractivity contribution in [3.05, 3.63) is 17.6 Å². The SMILES string of the molecule is CC(=O)NC1CC(c2cc(NCC3(N(C)C)CCOCC3)nc(C)n2)C1. The van der Waals surface area contributed by atoms with E-state index in [-0.39, 0.29) is 17.5 Å². The first-order chi connectivity index (χ1) is 12.4. The normalized spacial score (nSPS) is 24.8. The molecule has 1 saturated heterocycles. The van der Waals surface area contributed by atoms with Crippen LogP contribution in [0.3, 0.4) is 0 Å². The minimum Gasteiger partial charge on any atom is -0.381 e. The molecule has 0 aromatic carbocycles. The molecular formula is C19H31N5O2. The molecule has 7 nitrogen and oxygen atoms in total. The molecule has 0 atom stereocenters. The minimum atomic E-state index is 0.0418. The number of nitrogens with one attached hydrogen (secondary N) is 2. The Balaban J connectivity index is 1.64. The zero-order valence-corrected chi connectivity index (χ0v) is 16.3. The molecule has 2 aliphatic rings. The van der Waals surface area contributed by atoms with Gasteiger partial charge < -0.3 is 20.3 Å². The minimum absolute atomic E-state index is 0.0418. The molecular weight excluding hydrogens is 330 g/mol. The standard InChI is InChI=1S/C19H31N5O2/c1-13-21-17(15-9-16(10-15)23-14(2)25)11-18(22-13)20-12-19(24(3)4)5-7-26-8-6-19/h11,15-16H,5-10,12H2,1-4H3,(H,23,25)(H,20,21,22). The molecule has 1 aliphatic heterocycles. The Hall–Kier alpha value is -1.73. The maximum absolute atomic E-state index is 11.2. The van der Waals surface area contributed by atoms with E-state index in [1.165, 1.54) is 0 Å². The highest BCUT2D eigenvalue weighted by Gasteiger charge is 2.35. The molecule has 3 rings (SSSR count). The molecule has 2 heterocycles. The number of aromatic nitrogens is 2. The van der Waals surface area contributed by atoms with Crippen molar-refractivity contribution in [3.63, 3.8) is 0 Å². The van der Waals surface area contributed by atoms with Gasteiger partial charge in [-0.25, -0.2) is 9.97 Å². The summed E-state index contributed by atoms with van der Waals surface area (Å²) >= 11 is 0. The summed E-state index contributed by atoms with van der Waals surface area (Å²) in [4.78, 5) is 22.7. The molecule has 2 fully saturated rings. The van der Waals surface area contributed by atoms with E-state index in [1.54, 1.807) is 6.92 Å². The average molecular weight is 361 g/mol. The fourth-order valence-electron chi connectivity index (χ4n) is 3.94. The highest BCUT2D eigenvalue weighted by atomic mass is 16.5. The fourth-order valence-corrected chi connectivity index (χ4v) is 3.94. The van der Waals surface area contributed by atoms with Gasteiger partial charge in [0.2, 0.25) is 5.91 Å². The lowest BCUT2D eigenvalue weighted by atomic mass is 9.78. The quantitative estimate of drug-likeness (QED) is 0.803. The summed E-state index contributed by atoms with van der Waals surface area (Å²) in [5, 5.41) is 6.52. The van der Waals surface area contributed by atoms with Crippen LogP contribution < -0.4 is 10.6 Å². The summed E-state index contributed by atoms with van der Waals surface area (Å²) in [5.41, 5.74) is 1.18. The van der Waals surface area contributed by atoms with Gasteiger partial charge >= 0.3 is 0 Å². The largest absolute Gasteiger partial charge is 0.381 e. The van der Waals surface area contributed by atoms with E-state index < -0.39 is 0 Å². The lowest BCUT2D eigenvalue weighted by Gasteiger charge is -2.43. The Morgan fingerprint density at radius 3 is 2.62 bits per heavy atom. The van der Waals surface area contributed by atoms with E-state index in [1.807, 2.05) is 6.92 Å². The van der Waals surface area contributed by atoms with Crippen molar-refractivity contribution in [2.45, 2.75) is 57.0 Å². The Kier molecular flexibility index (Phi) is 5.77. The lowest BCUT2D eigenvalue weighted by Crippen LogP contribution is -2.53. The predicted molar refractivity (Wildman–Crippen MR) is 101 cm³/mol. The monoisotopic (exact) mass is 361 g/mol. The molecule has 0 spiro atoms. The summed E-state index contributed by atoms with van der Waals surface area (Å²) in [7, 11) is 4.28. The highest BCUT2D eigenvalue weighted by Crippen LogP contribution is 2.36. The summed E-state index contributed by atoms with van der Waals surface area (Å²) in [5.74, 6) is 2.13. The van der Waals surface area contributed by atoms with Gasteiger partial charge in [-0.05, 0) is 46.7 Å². The number of rotatable bonds is 6. The second-order valence-corrected chi connectivity index (χ2v) is 7.88. The number of likely N-dealkylation sites (N-methyl/N-ethyl adjacent to an activating group) is 1. The molecule has 1 amide bonds. The smallest absolute Gasteiger partial charge is 0.217 e. The third kappa shape index (κ3) is 4.32. The first-order valence-electron chi connectivity index (χ1n) is 9.50. The zero-order valence-electron chi connectivity index (χ0n) is 16.3. The molecule has 1 aliphatic carbocycles. The molecule has 2 N–H and O–H groups in total. The van der Waals surface area contributed by atoms with Gasteiger partial charge in [0, 0.05) is 55.9 Å². The summed E-state index contributed by atoms with van der Waals surface area (Å²) in [6.45, 7) is 5.97. The Bertz CT molecular complexity index is 637. The molecule has 26 heavy (non-hydrogen) atoms. The van der Waals surface area contributed by atoms with Crippen LogP contribution in [0.25, 0.3) is 0 Å². The van der Waals surface area contributed by atoms with Crippen LogP contribution in [-0.4, -0.2) is 66.2 Å². The molecule has 1 aromatic heterocycles. The van der Waals surface area contributed by atoms with Crippen molar-refractivity contribution in [2.75, 3.05) is 39.2 Å². The molecule has 0 unspecified atom stereocenters. The molecule has 7 heteroatoms. The number of ether oxygens (including phenoxy) is 1. The summed E-state index contributed by atoms with van der Waals surface area (Å²) in [6, 6.07) is 2.35. The molecule has 1 saturated carbocycles. The van der Waals surface area contributed by atoms with E-state index in [4.69, 9.17) is 4.74 Å². The first kappa shape index (κ1) is 19.0. The number of anilines is 1. The Labute approximate surface area is 155 Å². The predicted octanol–water partition coefficient (Wildman–Crippen LogP) is 1.69. The zero-order chi connectivity index (χ0) is 18.7. The Morgan fingerprint density at radius 1 is 1.31 bits per heavy atom. The third-order valence-electron chi connectivity index (χ3n) is 5.79. The Morgan fingerprint density at radius 2 is 2.00 bits per heavy atom. The number of hydrogen-bond acceptors (Lipinski definition) is 6. The van der Waals surface area contributed by atoms with Gasteiger partial charge in [0.1, 0.15) is 11.6 Å². The van der Waals surface area contributed by atoms with Gasteiger partial charge in [-0.3, -0.25) is 4.79 Å². The van der Waals surface area contributed by atoms with Crippen molar-refractivity contribution >= 4 is 11.7 Å². The van der Waals surface area contributed by atoms with Gasteiger partial charge in [-0.1, -0.05) is 0 Å². The molecule has 1 aromatic rings. The summed E-state index contributed by atoms with van der Waals surface area (Å²) in [6.07, 6.45) is 3.94. The lowest BCUT2D eigenvalue weighted by molar-refractivity contribution is -0.120. The van der Waals surface area contributed by atoms with Crippen LogP contribution in [-0.2, 0) is 9.53 Å². The van der Waals surface area contributed by atoms with E-state index in [9.17, 15) is 4.79 Å². The van der Waals surface area contributed by atoms with Gasteiger partial charge in [0.05, 0.1) is 0 Å². The van der Waals surface area contributed by atoms with E-state index in [0.29, 0.717) is 5.92 Å². The number of aryl methyl sites for hydroxylation is 1. The maximum Gasteiger partial charge on any atom is 0.217 e. The van der Waals surface area contributed by atoms with Crippen LogP contribution in [0.15, 0.2) is 6.07 Å². The van der Waals surface area contributed by atoms with Crippen LogP contribution in [0.5, 0.6) is 0 Å². The average Bonchev–Trinajstić information content (AvgIpc) is 2.56. The molecule has 0 radical (unpaired) electrons. The topological polar surface area (TPSA) is 79.4 Å². The van der Waals surface area contributed by atoms with Crippen LogP contribution in [0, 0.1) is 6.92 Å². The maximum atomic E-state index is 11.2. The second-order valence-electron chi connectivity index (χ2n) is 7.88. The number of hydrogen-bond donors (Lipinski definition) is 2. The molecule has 0 bridgehead atoms. The van der Waals surface area contributed by atoms with Gasteiger partial charge in [-0.2, -0.15) is 0 Å². The third-order valence-corrected chi connectivity index (χ3v) is 5.79. The van der Waals surface area contributed by atoms with Gasteiger partial charge in [0.25, 0.3) is 0 Å².